The van der Waals surface area contributed by atoms with Crippen LogP contribution in [0.25, 0.3) is 11.2 Å². The number of hydrogen-bond donors (Lipinski definition) is 0. The van der Waals surface area contributed by atoms with Crippen molar-refractivity contribution in [1.82, 2.24) is 19.1 Å². The lowest BCUT2D eigenvalue weighted by atomic mass is 10.5. The van der Waals surface area contributed by atoms with E-state index in [1.807, 2.05) is 19.6 Å². The highest BCUT2D eigenvalue weighted by molar-refractivity contribution is 7.98. The third-order valence-corrected chi connectivity index (χ3v) is 3.86. The first-order valence-electron chi connectivity index (χ1n) is 4.61. The average molecular weight is 256 g/mol. The fourth-order valence-corrected chi connectivity index (χ4v) is 2.64. The molecule has 0 aliphatic heterocycles. The van der Waals surface area contributed by atoms with Crippen molar-refractivity contribution in [3.63, 3.8) is 0 Å². The minimum absolute atomic E-state index is 0.0512. The molecule has 7 heteroatoms. The molecular weight excluding hydrogens is 244 g/mol. The smallest absolute Gasteiger partial charge is 0.280 e. The van der Waals surface area contributed by atoms with Crippen molar-refractivity contribution in [3.05, 3.63) is 10.4 Å². The molecule has 0 fully saturated rings. The van der Waals surface area contributed by atoms with Crippen molar-refractivity contribution in [2.75, 3.05) is 12.5 Å². The molecular formula is C9H12N4OS2. The Hall–Kier alpha value is -0.950. The van der Waals surface area contributed by atoms with Crippen molar-refractivity contribution in [2.24, 2.45) is 14.1 Å². The molecule has 0 aliphatic carbocycles. The zero-order chi connectivity index (χ0) is 11.9. The minimum atomic E-state index is -0.0512. The van der Waals surface area contributed by atoms with Gasteiger partial charge in [-0.2, -0.15) is 0 Å². The van der Waals surface area contributed by atoms with Gasteiger partial charge in [-0.1, -0.05) is 23.5 Å². The van der Waals surface area contributed by atoms with E-state index in [0.29, 0.717) is 16.3 Å². The van der Waals surface area contributed by atoms with Crippen molar-refractivity contribution in [1.29, 1.82) is 0 Å². The van der Waals surface area contributed by atoms with Crippen LogP contribution < -0.4 is 5.56 Å². The summed E-state index contributed by atoms with van der Waals surface area (Å²) in [4.78, 5) is 20.8. The van der Waals surface area contributed by atoms with Gasteiger partial charge in [-0.15, -0.1) is 0 Å². The number of thioether (sulfide) groups is 2. The molecule has 2 heterocycles. The van der Waals surface area contributed by atoms with Gasteiger partial charge in [0.1, 0.15) is 0 Å². The minimum Gasteiger partial charge on any atom is -0.316 e. The largest absolute Gasteiger partial charge is 0.316 e. The average Bonchev–Trinajstić information content (AvgIpc) is 2.60. The Bertz CT molecular complexity index is 602. The molecule has 0 atom stereocenters. The van der Waals surface area contributed by atoms with Crippen molar-refractivity contribution in [3.8, 4) is 0 Å². The number of fused-ring (bicyclic) bond motifs is 1. The second-order valence-electron chi connectivity index (χ2n) is 3.29. The standard InChI is InChI=1S/C9H12N4OS2/c1-12-5-6(10-8(12)15-3)11-9(16-4)13(2)7(5)14/h1-4H3. The topological polar surface area (TPSA) is 52.7 Å². The molecule has 86 valence electrons. The molecule has 0 unspecified atom stereocenters. The van der Waals surface area contributed by atoms with Crippen LogP contribution in [-0.2, 0) is 14.1 Å². The van der Waals surface area contributed by atoms with Gasteiger partial charge in [0.05, 0.1) is 0 Å². The van der Waals surface area contributed by atoms with Crippen LogP contribution >= 0.6 is 23.5 Å². The lowest BCUT2D eigenvalue weighted by Gasteiger charge is -2.04. The van der Waals surface area contributed by atoms with Crippen molar-refractivity contribution >= 4 is 34.7 Å². The quantitative estimate of drug-likeness (QED) is 0.595. The highest BCUT2D eigenvalue weighted by Gasteiger charge is 2.14. The Balaban J connectivity index is 2.91. The monoisotopic (exact) mass is 256 g/mol. The molecule has 2 aromatic rings. The van der Waals surface area contributed by atoms with Gasteiger partial charge in [-0.05, 0) is 12.5 Å². The summed E-state index contributed by atoms with van der Waals surface area (Å²) in [5.41, 5.74) is 1.04. The molecule has 0 aromatic carbocycles. The summed E-state index contributed by atoms with van der Waals surface area (Å²) in [6.45, 7) is 0. The van der Waals surface area contributed by atoms with Crippen LogP contribution in [0.1, 0.15) is 0 Å². The van der Waals surface area contributed by atoms with Gasteiger partial charge < -0.3 is 4.57 Å². The third-order valence-electron chi connectivity index (χ3n) is 2.40. The molecule has 16 heavy (non-hydrogen) atoms. The van der Waals surface area contributed by atoms with E-state index in [9.17, 15) is 4.79 Å². The third kappa shape index (κ3) is 1.54. The first-order chi connectivity index (χ1) is 7.60. The summed E-state index contributed by atoms with van der Waals surface area (Å²) >= 11 is 2.95. The van der Waals surface area contributed by atoms with E-state index >= 15 is 0 Å². The molecule has 0 saturated carbocycles. The van der Waals surface area contributed by atoms with Crippen LogP contribution in [0.4, 0.5) is 0 Å². The lowest BCUT2D eigenvalue weighted by Crippen LogP contribution is -2.21. The molecule has 0 N–H and O–H groups in total. The second-order valence-corrected chi connectivity index (χ2v) is 4.84. The molecule has 0 amide bonds. The maximum absolute atomic E-state index is 12.1. The summed E-state index contributed by atoms with van der Waals surface area (Å²) in [6, 6.07) is 0. The van der Waals surface area contributed by atoms with Gasteiger partial charge in [0.25, 0.3) is 5.56 Å². The summed E-state index contributed by atoms with van der Waals surface area (Å²) < 4.78 is 3.35. The van der Waals surface area contributed by atoms with Crippen molar-refractivity contribution < 1.29 is 0 Å². The van der Waals surface area contributed by atoms with Crippen LogP contribution in [0.15, 0.2) is 15.1 Å². The van der Waals surface area contributed by atoms with Gasteiger partial charge in [0, 0.05) is 14.1 Å². The van der Waals surface area contributed by atoms with Crippen LogP contribution in [0.3, 0.4) is 0 Å². The van der Waals surface area contributed by atoms with Gasteiger partial charge in [-0.25, -0.2) is 9.97 Å². The number of aromatic nitrogens is 4. The summed E-state index contributed by atoms with van der Waals surface area (Å²) in [5, 5.41) is 1.49. The predicted octanol–water partition coefficient (Wildman–Crippen LogP) is 1.11. The number of imidazole rings is 1. The predicted molar refractivity (Wildman–Crippen MR) is 67.3 cm³/mol. The van der Waals surface area contributed by atoms with E-state index in [4.69, 9.17) is 0 Å². The lowest BCUT2D eigenvalue weighted by molar-refractivity contribution is 0.718. The Labute approximate surface area is 101 Å². The van der Waals surface area contributed by atoms with Crippen LogP contribution in [0, 0.1) is 0 Å². The summed E-state index contributed by atoms with van der Waals surface area (Å²) in [6.07, 6.45) is 3.83. The Morgan fingerprint density at radius 2 is 1.50 bits per heavy atom. The highest BCUT2D eigenvalue weighted by Crippen LogP contribution is 2.19. The number of rotatable bonds is 2. The molecule has 0 radical (unpaired) electrons. The van der Waals surface area contributed by atoms with Crippen LogP contribution in [0.5, 0.6) is 0 Å². The van der Waals surface area contributed by atoms with E-state index in [0.717, 1.165) is 5.16 Å². The van der Waals surface area contributed by atoms with Gasteiger partial charge in [0.15, 0.2) is 21.5 Å². The summed E-state index contributed by atoms with van der Waals surface area (Å²) in [5.74, 6) is 0. The van der Waals surface area contributed by atoms with Gasteiger partial charge in [-0.3, -0.25) is 9.36 Å². The molecule has 0 saturated heterocycles. The van der Waals surface area contributed by atoms with E-state index < -0.39 is 0 Å². The molecule has 2 aromatic heterocycles. The van der Waals surface area contributed by atoms with Crippen molar-refractivity contribution in [2.45, 2.75) is 10.3 Å². The first kappa shape index (κ1) is 11.5. The van der Waals surface area contributed by atoms with Gasteiger partial charge in [0.2, 0.25) is 0 Å². The van der Waals surface area contributed by atoms with Crippen LogP contribution in [0.2, 0.25) is 0 Å². The Morgan fingerprint density at radius 1 is 1.00 bits per heavy atom. The number of hydrogen-bond acceptors (Lipinski definition) is 5. The summed E-state index contributed by atoms with van der Waals surface area (Å²) in [7, 11) is 3.56. The fraction of sp³-hybridized carbons (Fsp3) is 0.444. The maximum atomic E-state index is 12.1. The molecule has 5 nitrogen and oxygen atoms in total. The first-order valence-corrected chi connectivity index (χ1v) is 7.06. The van der Waals surface area contributed by atoms with E-state index in [2.05, 4.69) is 9.97 Å². The van der Waals surface area contributed by atoms with E-state index in [-0.39, 0.29) is 5.56 Å². The fourth-order valence-electron chi connectivity index (χ4n) is 1.56. The van der Waals surface area contributed by atoms with E-state index in [1.165, 1.54) is 23.5 Å². The number of aryl methyl sites for hydroxylation is 1. The highest BCUT2D eigenvalue weighted by atomic mass is 32.2. The van der Waals surface area contributed by atoms with Crippen LogP contribution in [-0.4, -0.2) is 31.6 Å². The maximum Gasteiger partial charge on any atom is 0.280 e. The molecule has 0 aliphatic rings. The Kier molecular flexibility index (Phi) is 2.98. The molecule has 0 bridgehead atoms. The zero-order valence-electron chi connectivity index (χ0n) is 9.51. The zero-order valence-corrected chi connectivity index (χ0v) is 11.1. The molecule has 0 spiro atoms. The SMILES string of the molecule is CSc1nc2nc(SC)n(C)c2c(=O)n1C. The van der Waals surface area contributed by atoms with Gasteiger partial charge >= 0.3 is 0 Å². The Morgan fingerprint density at radius 3 is 2.00 bits per heavy atom. The second kappa shape index (κ2) is 4.14. The molecule has 2 rings (SSSR count). The number of nitrogens with zero attached hydrogens (tertiary/aromatic N) is 4. The van der Waals surface area contributed by atoms with E-state index in [1.54, 1.807) is 16.2 Å². The normalized spacial score (nSPS) is 11.2.